The number of rotatable bonds is 10. The maximum atomic E-state index is 11.6. The Morgan fingerprint density at radius 3 is 2.56 bits per heavy atom. The molecule has 0 spiro atoms. The van der Waals surface area contributed by atoms with Crippen LogP contribution in [0, 0.1) is 11.8 Å². The second-order valence-electron chi connectivity index (χ2n) is 7.00. The van der Waals surface area contributed by atoms with Crippen LogP contribution in [0.3, 0.4) is 0 Å². The van der Waals surface area contributed by atoms with E-state index >= 15 is 0 Å². The number of nitrogens with one attached hydrogen (secondary N) is 3. The number of hydrogen-bond donors (Lipinski definition) is 3. The molecule has 3 N–H and O–H groups in total. The summed E-state index contributed by atoms with van der Waals surface area (Å²) < 4.78 is 5.89. The zero-order valence-electron chi connectivity index (χ0n) is 16.6. The number of halogens is 1. The van der Waals surface area contributed by atoms with Crippen molar-refractivity contribution in [2.24, 2.45) is 16.8 Å². The lowest BCUT2D eigenvalue weighted by molar-refractivity contribution is -0.122. The van der Waals surface area contributed by atoms with Gasteiger partial charge in [-0.3, -0.25) is 4.79 Å². The van der Waals surface area contributed by atoms with Gasteiger partial charge in [-0.25, -0.2) is 4.99 Å². The first-order valence-corrected chi connectivity index (χ1v) is 9.60. The summed E-state index contributed by atoms with van der Waals surface area (Å²) in [6, 6.07) is 8.01. The first-order chi connectivity index (χ1) is 12.6. The van der Waals surface area contributed by atoms with Crippen LogP contribution in [0.5, 0.6) is 5.75 Å². The summed E-state index contributed by atoms with van der Waals surface area (Å²) in [5, 5.41) is 9.44. The molecule has 1 saturated carbocycles. The van der Waals surface area contributed by atoms with Crippen LogP contribution in [0.25, 0.3) is 0 Å². The predicted octanol–water partition coefficient (Wildman–Crippen LogP) is 2.92. The van der Waals surface area contributed by atoms with Gasteiger partial charge in [0.05, 0.1) is 13.2 Å². The minimum Gasteiger partial charge on any atom is -0.493 e. The minimum absolute atomic E-state index is 0. The molecule has 152 valence electrons. The molecule has 1 aromatic rings. The molecule has 0 saturated heterocycles. The van der Waals surface area contributed by atoms with E-state index in [0.717, 1.165) is 36.7 Å². The zero-order valence-corrected chi connectivity index (χ0v) is 18.9. The van der Waals surface area contributed by atoms with Gasteiger partial charge in [-0.1, -0.05) is 32.0 Å². The quantitative estimate of drug-likeness (QED) is 0.205. The third-order valence-electron chi connectivity index (χ3n) is 3.96. The molecule has 7 heteroatoms. The van der Waals surface area contributed by atoms with Gasteiger partial charge in [0.1, 0.15) is 5.75 Å². The summed E-state index contributed by atoms with van der Waals surface area (Å²) >= 11 is 0. The molecule has 1 aromatic carbocycles. The Kier molecular flexibility index (Phi) is 11.2. The molecule has 0 radical (unpaired) electrons. The standard InChI is InChI=1S/C20H32N4O2.HI/c1-4-21-20(23-12-11-22-19(25)16-9-10-16)24-13-17-7-5-6-8-18(17)26-14-15(2)3;/h5-8,15-16H,4,9-14H2,1-3H3,(H,22,25)(H2,21,23,24);1H. The summed E-state index contributed by atoms with van der Waals surface area (Å²) in [6.07, 6.45) is 2.06. The SMILES string of the molecule is CCNC(=NCc1ccccc1OCC(C)C)NCCNC(=O)C1CC1.I. The van der Waals surface area contributed by atoms with Gasteiger partial charge < -0.3 is 20.7 Å². The minimum atomic E-state index is 0. The van der Waals surface area contributed by atoms with Crippen molar-refractivity contribution < 1.29 is 9.53 Å². The summed E-state index contributed by atoms with van der Waals surface area (Å²) in [7, 11) is 0. The van der Waals surface area contributed by atoms with Gasteiger partial charge in [-0.05, 0) is 31.7 Å². The average molecular weight is 488 g/mol. The van der Waals surface area contributed by atoms with E-state index in [9.17, 15) is 4.79 Å². The van der Waals surface area contributed by atoms with Crippen molar-refractivity contribution in [3.63, 3.8) is 0 Å². The first kappa shape index (κ1) is 23.5. The molecule has 0 aliphatic heterocycles. The Hall–Kier alpha value is -1.51. The lowest BCUT2D eigenvalue weighted by atomic mass is 10.2. The van der Waals surface area contributed by atoms with Crippen LogP contribution in [-0.4, -0.2) is 38.1 Å². The highest BCUT2D eigenvalue weighted by molar-refractivity contribution is 14.0. The van der Waals surface area contributed by atoms with Crippen LogP contribution in [0.15, 0.2) is 29.3 Å². The van der Waals surface area contributed by atoms with Crippen molar-refractivity contribution in [2.75, 3.05) is 26.2 Å². The zero-order chi connectivity index (χ0) is 18.8. The van der Waals surface area contributed by atoms with E-state index in [1.54, 1.807) is 0 Å². The number of nitrogens with zero attached hydrogens (tertiary/aromatic N) is 1. The fourth-order valence-electron chi connectivity index (χ4n) is 2.39. The van der Waals surface area contributed by atoms with Crippen molar-refractivity contribution in [1.29, 1.82) is 0 Å². The number of guanidine groups is 1. The monoisotopic (exact) mass is 488 g/mol. The second-order valence-corrected chi connectivity index (χ2v) is 7.00. The van der Waals surface area contributed by atoms with Crippen molar-refractivity contribution in [2.45, 2.75) is 40.2 Å². The number of benzene rings is 1. The Bertz CT molecular complexity index is 603. The normalized spacial score (nSPS) is 13.7. The van der Waals surface area contributed by atoms with Gasteiger partial charge >= 0.3 is 0 Å². The van der Waals surface area contributed by atoms with Crippen LogP contribution >= 0.6 is 24.0 Å². The molecule has 27 heavy (non-hydrogen) atoms. The van der Waals surface area contributed by atoms with Crippen LogP contribution in [0.1, 0.15) is 39.2 Å². The molecular weight excluding hydrogens is 455 g/mol. The third-order valence-corrected chi connectivity index (χ3v) is 3.96. The van der Waals surface area contributed by atoms with E-state index in [1.807, 2.05) is 31.2 Å². The third kappa shape index (κ3) is 9.30. The molecule has 6 nitrogen and oxygen atoms in total. The summed E-state index contributed by atoms with van der Waals surface area (Å²) in [6.45, 7) is 9.57. The van der Waals surface area contributed by atoms with E-state index in [1.165, 1.54) is 0 Å². The molecule has 0 aromatic heterocycles. The highest BCUT2D eigenvalue weighted by Crippen LogP contribution is 2.28. The highest BCUT2D eigenvalue weighted by Gasteiger charge is 2.28. The number of carbonyl (C=O) groups is 1. The Morgan fingerprint density at radius 1 is 1.19 bits per heavy atom. The Labute approximate surface area is 179 Å². The van der Waals surface area contributed by atoms with Crippen LogP contribution in [0.4, 0.5) is 0 Å². The maximum Gasteiger partial charge on any atom is 0.223 e. The fraction of sp³-hybridized carbons (Fsp3) is 0.600. The molecule has 0 atom stereocenters. The maximum absolute atomic E-state index is 11.6. The van der Waals surface area contributed by atoms with Gasteiger partial charge in [-0.2, -0.15) is 0 Å². The number of amides is 1. The van der Waals surface area contributed by atoms with Crippen LogP contribution < -0.4 is 20.7 Å². The van der Waals surface area contributed by atoms with E-state index in [2.05, 4.69) is 34.8 Å². The number of ether oxygens (including phenoxy) is 1. The van der Waals surface area contributed by atoms with E-state index in [4.69, 9.17) is 4.74 Å². The number of para-hydroxylation sites is 1. The van der Waals surface area contributed by atoms with Crippen molar-refractivity contribution >= 4 is 35.8 Å². The van der Waals surface area contributed by atoms with E-state index in [-0.39, 0.29) is 35.8 Å². The number of hydrogen-bond acceptors (Lipinski definition) is 3. The Balaban J connectivity index is 0.00000364. The molecule has 1 fully saturated rings. The number of carbonyl (C=O) groups excluding carboxylic acids is 1. The lowest BCUT2D eigenvalue weighted by Gasteiger charge is -2.14. The second kappa shape index (κ2) is 12.8. The molecule has 1 aliphatic carbocycles. The van der Waals surface area contributed by atoms with Crippen LogP contribution in [0.2, 0.25) is 0 Å². The summed E-state index contributed by atoms with van der Waals surface area (Å²) in [5.74, 6) is 2.53. The van der Waals surface area contributed by atoms with Gasteiger partial charge in [0.2, 0.25) is 5.91 Å². The van der Waals surface area contributed by atoms with E-state index < -0.39 is 0 Å². The molecule has 1 aliphatic rings. The van der Waals surface area contributed by atoms with Crippen molar-refractivity contribution in [3.05, 3.63) is 29.8 Å². The molecule has 1 amide bonds. The molecule has 0 bridgehead atoms. The summed E-state index contributed by atoms with van der Waals surface area (Å²) in [5.41, 5.74) is 1.06. The van der Waals surface area contributed by atoms with E-state index in [0.29, 0.717) is 32.2 Å². The molecular formula is C20H33IN4O2. The molecule has 0 unspecified atom stereocenters. The van der Waals surface area contributed by atoms with Gasteiger partial charge in [0.15, 0.2) is 5.96 Å². The number of aliphatic imine (C=N–C) groups is 1. The predicted molar refractivity (Wildman–Crippen MR) is 121 cm³/mol. The lowest BCUT2D eigenvalue weighted by Crippen LogP contribution is -2.41. The topological polar surface area (TPSA) is 74.8 Å². The van der Waals surface area contributed by atoms with Gasteiger partial charge in [0, 0.05) is 31.1 Å². The van der Waals surface area contributed by atoms with Crippen molar-refractivity contribution in [3.8, 4) is 5.75 Å². The summed E-state index contributed by atoms with van der Waals surface area (Å²) in [4.78, 5) is 16.3. The highest BCUT2D eigenvalue weighted by atomic mass is 127. The molecule has 0 heterocycles. The van der Waals surface area contributed by atoms with Gasteiger partial charge in [-0.15, -0.1) is 24.0 Å². The fourth-order valence-corrected chi connectivity index (χ4v) is 2.39. The van der Waals surface area contributed by atoms with Crippen LogP contribution in [-0.2, 0) is 11.3 Å². The Morgan fingerprint density at radius 2 is 1.89 bits per heavy atom. The first-order valence-electron chi connectivity index (χ1n) is 9.60. The van der Waals surface area contributed by atoms with Gasteiger partial charge in [0.25, 0.3) is 0 Å². The smallest absolute Gasteiger partial charge is 0.223 e. The van der Waals surface area contributed by atoms with Crippen molar-refractivity contribution in [1.82, 2.24) is 16.0 Å². The largest absolute Gasteiger partial charge is 0.493 e. The average Bonchev–Trinajstić information content (AvgIpc) is 3.47. The molecule has 2 rings (SSSR count).